The summed E-state index contributed by atoms with van der Waals surface area (Å²) in [6.07, 6.45) is 5.20. The van der Waals surface area contributed by atoms with E-state index in [2.05, 4.69) is 34.1 Å². The summed E-state index contributed by atoms with van der Waals surface area (Å²) < 4.78 is 20.0. The van der Waals surface area contributed by atoms with E-state index in [4.69, 9.17) is 4.74 Å². The molecule has 1 aliphatic heterocycles. The van der Waals surface area contributed by atoms with Crippen molar-refractivity contribution in [2.75, 3.05) is 33.4 Å². The quantitative estimate of drug-likeness (QED) is 0.445. The van der Waals surface area contributed by atoms with Crippen LogP contribution < -0.4 is 4.74 Å². The van der Waals surface area contributed by atoms with Crippen LogP contribution >= 0.6 is 0 Å². The first-order valence-electron chi connectivity index (χ1n) is 12.2. The highest BCUT2D eigenvalue weighted by molar-refractivity contribution is 5.84. The highest BCUT2D eigenvalue weighted by Crippen LogP contribution is 2.39. The van der Waals surface area contributed by atoms with Crippen molar-refractivity contribution in [1.29, 1.82) is 0 Å². The Balaban J connectivity index is 1.34. The molecule has 3 aromatic rings. The van der Waals surface area contributed by atoms with E-state index < -0.39 is 11.9 Å². The van der Waals surface area contributed by atoms with Gasteiger partial charge in [0.1, 0.15) is 11.6 Å². The number of benzene rings is 2. The zero-order valence-corrected chi connectivity index (χ0v) is 19.9. The molecule has 0 bridgehead atoms. The van der Waals surface area contributed by atoms with Gasteiger partial charge in [-0.2, -0.15) is 0 Å². The smallest absolute Gasteiger partial charge is 0.147 e. The molecule has 2 aromatic carbocycles. The Morgan fingerprint density at radius 1 is 1.15 bits per heavy atom. The lowest BCUT2D eigenvalue weighted by molar-refractivity contribution is 0.0231. The molecule has 6 heteroatoms. The summed E-state index contributed by atoms with van der Waals surface area (Å²) >= 11 is 0. The Morgan fingerprint density at radius 2 is 1.91 bits per heavy atom. The summed E-state index contributed by atoms with van der Waals surface area (Å²) in [5.74, 6) is 0.0827. The van der Waals surface area contributed by atoms with Gasteiger partial charge in [0.05, 0.1) is 24.9 Å². The van der Waals surface area contributed by atoms with E-state index in [1.54, 1.807) is 25.3 Å². The molecule has 1 aromatic heterocycles. The third kappa shape index (κ3) is 5.74. The van der Waals surface area contributed by atoms with E-state index >= 15 is 0 Å². The summed E-state index contributed by atoms with van der Waals surface area (Å²) in [6.45, 7) is 3.02. The van der Waals surface area contributed by atoms with E-state index in [-0.39, 0.29) is 17.6 Å². The lowest BCUT2D eigenvalue weighted by Crippen LogP contribution is -2.42. The molecule has 34 heavy (non-hydrogen) atoms. The van der Waals surface area contributed by atoms with Gasteiger partial charge in [-0.05, 0) is 87.3 Å². The molecule has 0 aliphatic carbocycles. The summed E-state index contributed by atoms with van der Waals surface area (Å²) in [5.41, 5.74) is 2.02. The first-order chi connectivity index (χ1) is 16.5. The second-order valence-electron chi connectivity index (χ2n) is 9.55. The minimum absolute atomic E-state index is 0.0883. The molecule has 5 nitrogen and oxygen atoms in total. The number of rotatable bonds is 10. The predicted octanol–water partition coefficient (Wildman–Crippen LogP) is 4.90. The van der Waals surface area contributed by atoms with Crippen molar-refractivity contribution in [3.8, 4) is 5.75 Å². The van der Waals surface area contributed by atoms with Crippen LogP contribution in [0.4, 0.5) is 4.39 Å². The van der Waals surface area contributed by atoms with E-state index in [1.165, 1.54) is 11.8 Å². The van der Waals surface area contributed by atoms with E-state index in [9.17, 15) is 14.6 Å². The van der Waals surface area contributed by atoms with Crippen molar-refractivity contribution >= 4 is 10.9 Å². The van der Waals surface area contributed by atoms with E-state index in [0.29, 0.717) is 29.5 Å². The number of aromatic nitrogens is 1. The van der Waals surface area contributed by atoms with Crippen molar-refractivity contribution in [3.63, 3.8) is 0 Å². The molecule has 0 spiro atoms. The summed E-state index contributed by atoms with van der Waals surface area (Å²) in [4.78, 5) is 6.61. The number of hydrogen-bond donors (Lipinski definition) is 2. The van der Waals surface area contributed by atoms with Gasteiger partial charge in [0.2, 0.25) is 0 Å². The molecular weight excluding hydrogens is 431 g/mol. The standard InChI is InChI=1S/C28H35FN2O3/c1-34-22-9-10-25-23(18-22)27(24(29)19-30-25)26(33)11-12-28(20-32)13-16-31(17-14-28)15-5-8-21-6-3-2-4-7-21/h2-4,6-7,9-10,18-19,26,32-33H,5,8,11-17,20H2,1H3. The molecule has 1 atom stereocenters. The second kappa shape index (κ2) is 11.3. The van der Waals surface area contributed by atoms with Crippen molar-refractivity contribution in [1.82, 2.24) is 9.88 Å². The van der Waals surface area contributed by atoms with Crippen molar-refractivity contribution in [2.45, 2.75) is 44.6 Å². The highest BCUT2D eigenvalue weighted by atomic mass is 19.1. The Labute approximate surface area is 201 Å². The van der Waals surface area contributed by atoms with Crippen LogP contribution in [0.5, 0.6) is 5.75 Å². The van der Waals surface area contributed by atoms with Crippen molar-refractivity contribution < 1.29 is 19.3 Å². The zero-order chi connectivity index (χ0) is 24.0. The fraction of sp³-hybridized carbons (Fsp3) is 0.464. The number of halogens is 1. The fourth-order valence-electron chi connectivity index (χ4n) is 5.11. The summed E-state index contributed by atoms with van der Waals surface area (Å²) in [7, 11) is 1.56. The number of aryl methyl sites for hydroxylation is 1. The van der Waals surface area contributed by atoms with E-state index in [1.807, 2.05) is 6.07 Å². The average molecular weight is 467 g/mol. The third-order valence-corrected chi connectivity index (χ3v) is 7.38. The first-order valence-corrected chi connectivity index (χ1v) is 12.2. The fourth-order valence-corrected chi connectivity index (χ4v) is 5.11. The highest BCUT2D eigenvalue weighted by Gasteiger charge is 2.34. The summed E-state index contributed by atoms with van der Waals surface area (Å²) in [6, 6.07) is 15.8. The van der Waals surface area contributed by atoms with Crippen LogP contribution in [-0.4, -0.2) is 53.4 Å². The van der Waals surface area contributed by atoms with Crippen LogP contribution in [0.2, 0.25) is 0 Å². The van der Waals surface area contributed by atoms with Gasteiger partial charge in [0, 0.05) is 17.6 Å². The summed E-state index contributed by atoms with van der Waals surface area (Å²) in [5, 5.41) is 21.8. The van der Waals surface area contributed by atoms with Gasteiger partial charge < -0.3 is 19.8 Å². The van der Waals surface area contributed by atoms with Gasteiger partial charge in [-0.15, -0.1) is 0 Å². The Morgan fingerprint density at radius 3 is 2.62 bits per heavy atom. The SMILES string of the molecule is COc1ccc2ncc(F)c(C(O)CCC3(CO)CCN(CCCc4ccccc4)CC3)c2c1. The molecular formula is C28H35FN2O3. The third-order valence-electron chi connectivity index (χ3n) is 7.38. The lowest BCUT2D eigenvalue weighted by atomic mass is 9.74. The molecule has 2 N–H and O–H groups in total. The van der Waals surface area contributed by atoms with Crippen LogP contribution in [0.3, 0.4) is 0 Å². The molecule has 1 aliphatic rings. The number of ether oxygens (including phenoxy) is 1. The number of likely N-dealkylation sites (tertiary alicyclic amines) is 1. The molecule has 0 saturated carbocycles. The molecule has 1 unspecified atom stereocenters. The molecule has 2 heterocycles. The largest absolute Gasteiger partial charge is 0.497 e. The molecule has 1 fully saturated rings. The maximum absolute atomic E-state index is 14.7. The minimum atomic E-state index is -0.968. The Kier molecular flexibility index (Phi) is 8.14. The monoisotopic (exact) mass is 466 g/mol. The normalized spacial score (nSPS) is 17.1. The van der Waals surface area contributed by atoms with Gasteiger partial charge in [0.25, 0.3) is 0 Å². The topological polar surface area (TPSA) is 65.8 Å². The van der Waals surface area contributed by atoms with Crippen molar-refractivity contribution in [2.24, 2.45) is 5.41 Å². The van der Waals surface area contributed by atoms with Crippen molar-refractivity contribution in [3.05, 3.63) is 71.7 Å². The molecule has 1 saturated heterocycles. The molecule has 4 rings (SSSR count). The van der Waals surface area contributed by atoms with Gasteiger partial charge in [-0.25, -0.2) is 4.39 Å². The first kappa shape index (κ1) is 24.6. The minimum Gasteiger partial charge on any atom is -0.497 e. The predicted molar refractivity (Wildman–Crippen MR) is 132 cm³/mol. The average Bonchev–Trinajstić information content (AvgIpc) is 2.88. The molecule has 0 radical (unpaired) electrons. The second-order valence-corrected chi connectivity index (χ2v) is 9.55. The van der Waals surface area contributed by atoms with Gasteiger partial charge in [-0.1, -0.05) is 30.3 Å². The van der Waals surface area contributed by atoms with Gasteiger partial charge in [0.15, 0.2) is 0 Å². The van der Waals surface area contributed by atoms with Gasteiger partial charge in [-0.3, -0.25) is 4.98 Å². The van der Waals surface area contributed by atoms with Crippen LogP contribution in [0.25, 0.3) is 10.9 Å². The number of aliphatic hydroxyl groups is 2. The maximum Gasteiger partial charge on any atom is 0.147 e. The Bertz CT molecular complexity index is 1070. The lowest BCUT2D eigenvalue weighted by Gasteiger charge is -2.41. The van der Waals surface area contributed by atoms with Crippen LogP contribution in [-0.2, 0) is 6.42 Å². The van der Waals surface area contributed by atoms with Crippen LogP contribution in [0.15, 0.2) is 54.7 Å². The van der Waals surface area contributed by atoms with E-state index in [0.717, 1.165) is 45.3 Å². The number of pyridine rings is 1. The number of hydrogen-bond acceptors (Lipinski definition) is 5. The molecule has 0 amide bonds. The number of aliphatic hydroxyl groups excluding tert-OH is 2. The van der Waals surface area contributed by atoms with Crippen LogP contribution in [0, 0.1) is 11.2 Å². The maximum atomic E-state index is 14.7. The number of fused-ring (bicyclic) bond motifs is 1. The number of nitrogens with zero attached hydrogens (tertiary/aromatic N) is 2. The van der Waals surface area contributed by atoms with Crippen LogP contribution in [0.1, 0.15) is 49.3 Å². The number of methoxy groups -OCH3 is 1. The Hall–Kier alpha value is -2.54. The molecule has 182 valence electrons. The number of piperidine rings is 1. The van der Waals surface area contributed by atoms with Gasteiger partial charge >= 0.3 is 0 Å². The zero-order valence-electron chi connectivity index (χ0n) is 19.9.